The van der Waals surface area contributed by atoms with Crippen LogP contribution in [0.5, 0.6) is 0 Å². The third kappa shape index (κ3) is 3.14. The van der Waals surface area contributed by atoms with Gasteiger partial charge < -0.3 is 5.32 Å². The van der Waals surface area contributed by atoms with Crippen LogP contribution in [0.25, 0.3) is 0 Å². The second kappa shape index (κ2) is 3.78. The number of hydrogen-bond acceptors (Lipinski definition) is 1. The Morgan fingerprint density at radius 3 is 2.08 bits per heavy atom. The Morgan fingerprint density at radius 1 is 1.17 bits per heavy atom. The molecule has 0 aromatic rings. The van der Waals surface area contributed by atoms with Gasteiger partial charge in [0.25, 0.3) is 0 Å². The van der Waals surface area contributed by atoms with Gasteiger partial charge >= 0.3 is 0 Å². The van der Waals surface area contributed by atoms with Gasteiger partial charge in [0.1, 0.15) is 0 Å². The van der Waals surface area contributed by atoms with Crippen LogP contribution in [0.3, 0.4) is 0 Å². The van der Waals surface area contributed by atoms with Gasteiger partial charge in [-0.3, -0.25) is 0 Å². The summed E-state index contributed by atoms with van der Waals surface area (Å²) >= 11 is 0. The fraction of sp³-hybridized carbons (Fsp3) is 1.00. The molecule has 0 radical (unpaired) electrons. The van der Waals surface area contributed by atoms with Gasteiger partial charge in [0, 0.05) is 12.1 Å². The molecule has 0 saturated heterocycles. The van der Waals surface area contributed by atoms with E-state index in [1.807, 2.05) is 0 Å². The Hall–Kier alpha value is -0.0400. The molecular weight excluding hydrogens is 146 g/mol. The molecule has 0 spiro atoms. The molecule has 1 heteroatoms. The lowest BCUT2D eigenvalue weighted by Gasteiger charge is -2.35. The lowest BCUT2D eigenvalue weighted by molar-refractivity contribution is 0.201. The van der Waals surface area contributed by atoms with E-state index in [9.17, 15) is 0 Å². The molecule has 0 unspecified atom stereocenters. The van der Waals surface area contributed by atoms with Crippen molar-refractivity contribution < 1.29 is 0 Å². The lowest BCUT2D eigenvalue weighted by Crippen LogP contribution is -2.39. The molecule has 0 aromatic heterocycles. The van der Waals surface area contributed by atoms with Crippen molar-refractivity contribution in [2.24, 2.45) is 5.41 Å². The lowest BCUT2D eigenvalue weighted by atomic mass is 9.75. The fourth-order valence-corrected chi connectivity index (χ4v) is 2.04. The molecule has 1 saturated carbocycles. The predicted octanol–water partition coefficient (Wildman–Crippen LogP) is 2.95. The monoisotopic (exact) mass is 169 g/mol. The predicted molar refractivity (Wildman–Crippen MR) is 54.3 cm³/mol. The maximum absolute atomic E-state index is 3.62. The van der Waals surface area contributed by atoms with Gasteiger partial charge in [-0.05, 0) is 31.1 Å². The van der Waals surface area contributed by atoms with E-state index in [4.69, 9.17) is 0 Å². The van der Waals surface area contributed by atoms with Gasteiger partial charge in [-0.25, -0.2) is 0 Å². The normalized spacial score (nSPS) is 24.8. The molecule has 1 fully saturated rings. The van der Waals surface area contributed by atoms with Crippen molar-refractivity contribution in [2.45, 2.75) is 65.5 Å². The van der Waals surface area contributed by atoms with Crippen molar-refractivity contribution in [3.8, 4) is 0 Å². The highest BCUT2D eigenvalue weighted by molar-refractivity contribution is 4.82. The van der Waals surface area contributed by atoms with Crippen LogP contribution >= 0.6 is 0 Å². The summed E-state index contributed by atoms with van der Waals surface area (Å²) < 4.78 is 0. The maximum Gasteiger partial charge on any atom is 0.00698 e. The van der Waals surface area contributed by atoms with Crippen LogP contribution in [-0.4, -0.2) is 12.1 Å². The standard InChI is InChI=1S/C11H23N/c1-9(2)12-10-5-7-11(3,4)8-6-10/h9-10,12H,5-8H2,1-4H3. The zero-order valence-corrected chi connectivity index (χ0v) is 8.98. The first-order valence-electron chi connectivity index (χ1n) is 5.26. The van der Waals surface area contributed by atoms with Crippen molar-refractivity contribution >= 4 is 0 Å². The average molecular weight is 169 g/mol. The van der Waals surface area contributed by atoms with Crippen LogP contribution in [0.1, 0.15) is 53.4 Å². The van der Waals surface area contributed by atoms with Crippen LogP contribution in [0.15, 0.2) is 0 Å². The van der Waals surface area contributed by atoms with Gasteiger partial charge in [-0.2, -0.15) is 0 Å². The van der Waals surface area contributed by atoms with Gasteiger partial charge in [0.05, 0.1) is 0 Å². The van der Waals surface area contributed by atoms with Gasteiger partial charge in [0.2, 0.25) is 0 Å². The van der Waals surface area contributed by atoms with E-state index in [0.29, 0.717) is 11.5 Å². The second-order valence-corrected chi connectivity index (χ2v) is 5.26. The van der Waals surface area contributed by atoms with E-state index in [1.54, 1.807) is 0 Å². The average Bonchev–Trinajstić information content (AvgIpc) is 1.93. The zero-order chi connectivity index (χ0) is 9.19. The summed E-state index contributed by atoms with van der Waals surface area (Å²) in [5, 5.41) is 3.62. The van der Waals surface area contributed by atoms with Gasteiger partial charge in [-0.15, -0.1) is 0 Å². The first-order valence-corrected chi connectivity index (χ1v) is 5.26. The largest absolute Gasteiger partial charge is 0.312 e. The minimum Gasteiger partial charge on any atom is -0.312 e. The number of hydrogen-bond donors (Lipinski definition) is 1. The van der Waals surface area contributed by atoms with Gasteiger partial charge in [-0.1, -0.05) is 27.7 Å². The molecule has 72 valence electrons. The molecular formula is C11H23N. The van der Waals surface area contributed by atoms with Crippen molar-refractivity contribution in [3.05, 3.63) is 0 Å². The van der Waals surface area contributed by atoms with Crippen molar-refractivity contribution in [1.29, 1.82) is 0 Å². The van der Waals surface area contributed by atoms with Crippen LogP contribution in [0.4, 0.5) is 0 Å². The van der Waals surface area contributed by atoms with Crippen molar-refractivity contribution in [1.82, 2.24) is 5.32 Å². The van der Waals surface area contributed by atoms with Crippen molar-refractivity contribution in [2.75, 3.05) is 0 Å². The minimum atomic E-state index is 0.606. The minimum absolute atomic E-state index is 0.606. The highest BCUT2D eigenvalue weighted by Crippen LogP contribution is 2.34. The first kappa shape index (κ1) is 10.0. The van der Waals surface area contributed by atoms with Gasteiger partial charge in [0.15, 0.2) is 0 Å². The fourth-order valence-electron chi connectivity index (χ4n) is 2.04. The molecule has 0 amide bonds. The summed E-state index contributed by atoms with van der Waals surface area (Å²) in [7, 11) is 0. The Kier molecular flexibility index (Phi) is 3.16. The SMILES string of the molecule is CC(C)NC1CCC(C)(C)CC1. The van der Waals surface area contributed by atoms with Crippen LogP contribution in [-0.2, 0) is 0 Å². The first-order chi connectivity index (χ1) is 5.49. The molecule has 0 aliphatic heterocycles. The molecule has 0 heterocycles. The molecule has 1 aliphatic rings. The number of rotatable bonds is 2. The Morgan fingerprint density at radius 2 is 1.67 bits per heavy atom. The Labute approximate surface area is 76.9 Å². The zero-order valence-electron chi connectivity index (χ0n) is 8.98. The third-order valence-electron chi connectivity index (χ3n) is 2.91. The summed E-state index contributed by atoms with van der Waals surface area (Å²) in [6, 6.07) is 1.44. The summed E-state index contributed by atoms with van der Waals surface area (Å²) in [4.78, 5) is 0. The molecule has 1 rings (SSSR count). The molecule has 1 nitrogen and oxygen atoms in total. The quantitative estimate of drug-likeness (QED) is 0.670. The highest BCUT2D eigenvalue weighted by Gasteiger charge is 2.26. The second-order valence-electron chi connectivity index (χ2n) is 5.26. The summed E-state index contributed by atoms with van der Waals surface area (Å²) in [5.41, 5.74) is 0.606. The molecule has 1 N–H and O–H groups in total. The Bertz CT molecular complexity index is 128. The smallest absolute Gasteiger partial charge is 0.00698 e. The van der Waals surface area contributed by atoms with E-state index >= 15 is 0 Å². The molecule has 1 aliphatic carbocycles. The van der Waals surface area contributed by atoms with E-state index in [2.05, 4.69) is 33.0 Å². The maximum atomic E-state index is 3.62. The van der Waals surface area contributed by atoms with E-state index in [-0.39, 0.29) is 0 Å². The van der Waals surface area contributed by atoms with E-state index in [1.165, 1.54) is 25.7 Å². The summed E-state index contributed by atoms with van der Waals surface area (Å²) in [5.74, 6) is 0. The number of nitrogens with one attached hydrogen (secondary N) is 1. The molecule has 0 atom stereocenters. The molecule has 12 heavy (non-hydrogen) atoms. The van der Waals surface area contributed by atoms with Crippen molar-refractivity contribution in [3.63, 3.8) is 0 Å². The van der Waals surface area contributed by atoms with Crippen LogP contribution in [0, 0.1) is 5.41 Å². The van der Waals surface area contributed by atoms with Crippen LogP contribution < -0.4 is 5.32 Å². The molecule has 0 aromatic carbocycles. The molecule has 0 bridgehead atoms. The Balaban J connectivity index is 2.27. The topological polar surface area (TPSA) is 12.0 Å². The van der Waals surface area contributed by atoms with E-state index < -0.39 is 0 Å². The summed E-state index contributed by atoms with van der Waals surface area (Å²) in [6.45, 7) is 9.25. The van der Waals surface area contributed by atoms with E-state index in [0.717, 1.165) is 6.04 Å². The third-order valence-corrected chi connectivity index (χ3v) is 2.91. The summed E-state index contributed by atoms with van der Waals surface area (Å²) in [6.07, 6.45) is 5.51. The van der Waals surface area contributed by atoms with Crippen LogP contribution in [0.2, 0.25) is 0 Å². The highest BCUT2D eigenvalue weighted by atomic mass is 14.9.